The maximum absolute atomic E-state index is 6.36. The van der Waals surface area contributed by atoms with E-state index in [1.165, 1.54) is 5.56 Å². The van der Waals surface area contributed by atoms with Gasteiger partial charge in [-0.25, -0.2) is 0 Å². The van der Waals surface area contributed by atoms with E-state index in [1.54, 1.807) is 6.26 Å². The Labute approximate surface area is 140 Å². The van der Waals surface area contributed by atoms with E-state index in [9.17, 15) is 0 Å². The zero-order chi connectivity index (χ0) is 15.2. The number of furan rings is 1. The summed E-state index contributed by atoms with van der Waals surface area (Å²) in [6.07, 6.45) is 4.64. The first-order chi connectivity index (χ1) is 10.2. The summed E-state index contributed by atoms with van der Waals surface area (Å²) in [6, 6.07) is 8.37. The van der Waals surface area contributed by atoms with Crippen molar-refractivity contribution >= 4 is 27.5 Å². The highest BCUT2D eigenvalue weighted by atomic mass is 79.9. The van der Waals surface area contributed by atoms with Gasteiger partial charge in [-0.1, -0.05) is 47.4 Å². The van der Waals surface area contributed by atoms with Crippen molar-refractivity contribution in [2.24, 2.45) is 0 Å². The molecule has 4 heteroatoms. The molecule has 1 N–H and O–H groups in total. The van der Waals surface area contributed by atoms with E-state index in [-0.39, 0.29) is 6.04 Å². The monoisotopic (exact) mass is 369 g/mol. The van der Waals surface area contributed by atoms with Crippen molar-refractivity contribution in [2.75, 3.05) is 6.54 Å². The molecule has 0 spiro atoms. The second-order valence-electron chi connectivity index (χ2n) is 5.10. The molecule has 1 atom stereocenters. The Morgan fingerprint density at radius 2 is 2.10 bits per heavy atom. The van der Waals surface area contributed by atoms with E-state index in [0.29, 0.717) is 0 Å². The number of benzene rings is 1. The molecular weight excluding hydrogens is 350 g/mol. The minimum Gasteiger partial charge on any atom is -0.469 e. The van der Waals surface area contributed by atoms with Gasteiger partial charge in [-0.15, -0.1) is 0 Å². The number of halogens is 2. The van der Waals surface area contributed by atoms with Crippen LogP contribution in [0.25, 0.3) is 0 Å². The highest BCUT2D eigenvalue weighted by molar-refractivity contribution is 9.10. The minimum atomic E-state index is 0.234. The van der Waals surface area contributed by atoms with Crippen molar-refractivity contribution in [1.29, 1.82) is 0 Å². The van der Waals surface area contributed by atoms with E-state index in [1.807, 2.05) is 12.1 Å². The lowest BCUT2D eigenvalue weighted by Gasteiger charge is -2.19. The van der Waals surface area contributed by atoms with Crippen molar-refractivity contribution in [3.8, 4) is 0 Å². The molecule has 0 bridgehead atoms. The van der Waals surface area contributed by atoms with Gasteiger partial charge in [-0.05, 0) is 43.1 Å². The third kappa shape index (κ3) is 4.35. The second-order valence-corrected chi connectivity index (χ2v) is 6.42. The fourth-order valence-electron chi connectivity index (χ4n) is 2.47. The van der Waals surface area contributed by atoms with E-state index in [0.717, 1.165) is 46.6 Å². The molecule has 2 nitrogen and oxygen atoms in total. The van der Waals surface area contributed by atoms with Crippen molar-refractivity contribution in [2.45, 2.75) is 39.2 Å². The highest BCUT2D eigenvalue weighted by Crippen LogP contribution is 2.28. The van der Waals surface area contributed by atoms with E-state index >= 15 is 0 Å². The molecule has 0 saturated carbocycles. The fraction of sp³-hybridized carbons (Fsp3) is 0.412. The Morgan fingerprint density at radius 3 is 2.76 bits per heavy atom. The summed E-state index contributed by atoms with van der Waals surface area (Å²) in [4.78, 5) is 0. The van der Waals surface area contributed by atoms with Crippen LogP contribution >= 0.6 is 27.5 Å². The van der Waals surface area contributed by atoms with Gasteiger partial charge in [0.05, 0.1) is 6.26 Å². The largest absolute Gasteiger partial charge is 0.469 e. The lowest BCUT2D eigenvalue weighted by molar-refractivity contribution is 0.481. The molecule has 1 unspecified atom stereocenters. The number of nitrogens with one attached hydrogen (secondary N) is 1. The quantitative estimate of drug-likeness (QED) is 0.692. The van der Waals surface area contributed by atoms with Gasteiger partial charge in [-0.3, -0.25) is 0 Å². The molecule has 0 fully saturated rings. The maximum Gasteiger partial charge on any atom is 0.108 e. The molecule has 0 aliphatic carbocycles. The van der Waals surface area contributed by atoms with E-state index in [4.69, 9.17) is 16.0 Å². The molecule has 0 aliphatic heterocycles. The van der Waals surface area contributed by atoms with Gasteiger partial charge in [0, 0.05) is 27.5 Å². The Morgan fingerprint density at radius 1 is 1.29 bits per heavy atom. The number of hydrogen-bond acceptors (Lipinski definition) is 2. The Balaban J connectivity index is 2.24. The summed E-state index contributed by atoms with van der Waals surface area (Å²) in [5.41, 5.74) is 2.39. The second kappa shape index (κ2) is 8.02. The van der Waals surface area contributed by atoms with Crippen LogP contribution < -0.4 is 5.32 Å². The SMILES string of the molecule is CCCNC(Cc1ccc(Br)cc1Cl)c1ccoc1CC. The lowest BCUT2D eigenvalue weighted by atomic mass is 9.98. The topological polar surface area (TPSA) is 25.2 Å². The van der Waals surface area contributed by atoms with Gasteiger partial charge in [0.15, 0.2) is 0 Å². The van der Waals surface area contributed by atoms with Crippen molar-refractivity contribution < 1.29 is 4.42 Å². The van der Waals surface area contributed by atoms with Crippen LogP contribution in [0.4, 0.5) is 0 Å². The third-order valence-electron chi connectivity index (χ3n) is 3.56. The molecule has 1 aromatic heterocycles. The van der Waals surface area contributed by atoms with Gasteiger partial charge in [0.1, 0.15) is 5.76 Å². The van der Waals surface area contributed by atoms with Gasteiger partial charge < -0.3 is 9.73 Å². The van der Waals surface area contributed by atoms with Crippen LogP contribution in [-0.4, -0.2) is 6.54 Å². The van der Waals surface area contributed by atoms with Crippen LogP contribution in [0, 0.1) is 0 Å². The van der Waals surface area contributed by atoms with Crippen LogP contribution in [-0.2, 0) is 12.8 Å². The Bertz CT molecular complexity index is 582. The molecule has 21 heavy (non-hydrogen) atoms. The molecule has 1 aromatic carbocycles. The fourth-order valence-corrected chi connectivity index (χ4v) is 3.22. The summed E-state index contributed by atoms with van der Waals surface area (Å²) in [6.45, 7) is 5.27. The molecule has 2 rings (SSSR count). The maximum atomic E-state index is 6.36. The summed E-state index contributed by atoms with van der Waals surface area (Å²) < 4.78 is 6.59. The average molecular weight is 371 g/mol. The molecule has 2 aromatic rings. The highest BCUT2D eigenvalue weighted by Gasteiger charge is 2.18. The van der Waals surface area contributed by atoms with Crippen LogP contribution in [0.1, 0.15) is 43.2 Å². The molecular formula is C17H21BrClNO. The normalized spacial score (nSPS) is 12.6. The molecule has 114 valence electrons. The number of rotatable bonds is 7. The van der Waals surface area contributed by atoms with E-state index < -0.39 is 0 Å². The lowest BCUT2D eigenvalue weighted by Crippen LogP contribution is -2.24. The summed E-state index contributed by atoms with van der Waals surface area (Å²) in [7, 11) is 0. The third-order valence-corrected chi connectivity index (χ3v) is 4.40. The first kappa shape index (κ1) is 16.6. The van der Waals surface area contributed by atoms with Crippen LogP contribution in [0.3, 0.4) is 0 Å². The molecule has 0 radical (unpaired) electrons. The summed E-state index contributed by atoms with van der Waals surface area (Å²) in [5.74, 6) is 1.05. The van der Waals surface area contributed by atoms with Crippen LogP contribution in [0.15, 0.2) is 39.4 Å². The number of hydrogen-bond donors (Lipinski definition) is 1. The van der Waals surface area contributed by atoms with Crippen LogP contribution in [0.5, 0.6) is 0 Å². The van der Waals surface area contributed by atoms with Gasteiger partial charge in [-0.2, -0.15) is 0 Å². The van der Waals surface area contributed by atoms with Crippen molar-refractivity contribution in [3.63, 3.8) is 0 Å². The smallest absolute Gasteiger partial charge is 0.108 e. The molecule has 1 heterocycles. The first-order valence-electron chi connectivity index (χ1n) is 7.39. The molecule has 0 aliphatic rings. The van der Waals surface area contributed by atoms with Crippen LogP contribution in [0.2, 0.25) is 5.02 Å². The van der Waals surface area contributed by atoms with Crippen molar-refractivity contribution in [1.82, 2.24) is 5.32 Å². The summed E-state index contributed by atoms with van der Waals surface area (Å²) in [5, 5.41) is 4.41. The van der Waals surface area contributed by atoms with Gasteiger partial charge >= 0.3 is 0 Å². The predicted molar refractivity (Wildman–Crippen MR) is 92.0 cm³/mol. The minimum absolute atomic E-state index is 0.234. The molecule has 0 amide bonds. The summed E-state index contributed by atoms with van der Waals surface area (Å²) >= 11 is 9.81. The van der Waals surface area contributed by atoms with E-state index in [2.05, 4.69) is 47.2 Å². The Kier molecular flexibility index (Phi) is 6.34. The molecule has 0 saturated heterocycles. The number of aryl methyl sites for hydroxylation is 1. The first-order valence-corrected chi connectivity index (χ1v) is 8.56. The van der Waals surface area contributed by atoms with Gasteiger partial charge in [0.2, 0.25) is 0 Å². The van der Waals surface area contributed by atoms with Crippen molar-refractivity contribution in [3.05, 3.63) is 56.9 Å². The predicted octanol–water partition coefficient (Wildman–Crippen LogP) is 5.54. The van der Waals surface area contributed by atoms with Gasteiger partial charge in [0.25, 0.3) is 0 Å². The zero-order valence-corrected chi connectivity index (χ0v) is 14.8. The Hall–Kier alpha value is -0.770. The standard InChI is InChI=1S/C17H21BrClNO/c1-3-8-20-16(14-7-9-21-17(14)4-2)10-12-5-6-13(18)11-15(12)19/h5-7,9,11,16,20H,3-4,8,10H2,1-2H3. The zero-order valence-electron chi connectivity index (χ0n) is 12.5. The average Bonchev–Trinajstić information content (AvgIpc) is 2.94.